The molecular formula is C17H23N3OS. The Morgan fingerprint density at radius 3 is 2.36 bits per heavy atom. The van der Waals surface area contributed by atoms with Crippen LogP contribution in [0.3, 0.4) is 0 Å². The van der Waals surface area contributed by atoms with Crippen LogP contribution in [-0.4, -0.2) is 31.4 Å². The molecule has 4 nitrogen and oxygen atoms in total. The summed E-state index contributed by atoms with van der Waals surface area (Å²) in [7, 11) is 3.92. The van der Waals surface area contributed by atoms with E-state index < -0.39 is 0 Å². The van der Waals surface area contributed by atoms with E-state index in [2.05, 4.69) is 29.7 Å². The summed E-state index contributed by atoms with van der Waals surface area (Å²) in [6, 6.07) is 12.1. The predicted octanol–water partition coefficient (Wildman–Crippen LogP) is 3.56. The van der Waals surface area contributed by atoms with Crippen molar-refractivity contribution in [1.29, 1.82) is 0 Å². The van der Waals surface area contributed by atoms with E-state index in [1.165, 1.54) is 9.75 Å². The molecular weight excluding hydrogens is 294 g/mol. The van der Waals surface area contributed by atoms with Gasteiger partial charge in [-0.2, -0.15) is 0 Å². The zero-order chi connectivity index (χ0) is 15.9. The molecule has 2 N–H and O–H groups in total. The highest BCUT2D eigenvalue weighted by atomic mass is 32.1. The van der Waals surface area contributed by atoms with E-state index in [4.69, 9.17) is 0 Å². The molecule has 0 fully saturated rings. The molecule has 1 heterocycles. The smallest absolute Gasteiger partial charge is 0.225 e. The minimum absolute atomic E-state index is 0.0449. The van der Waals surface area contributed by atoms with Crippen LogP contribution in [0.4, 0.5) is 11.4 Å². The monoisotopic (exact) mass is 317 g/mol. The third-order valence-corrected chi connectivity index (χ3v) is 4.22. The van der Waals surface area contributed by atoms with E-state index in [1.54, 1.807) is 11.3 Å². The summed E-state index contributed by atoms with van der Waals surface area (Å²) < 4.78 is 0. The molecule has 2 rings (SSSR count). The Morgan fingerprint density at radius 1 is 1.09 bits per heavy atom. The molecule has 0 bridgehead atoms. The average Bonchev–Trinajstić information content (AvgIpc) is 2.90. The molecule has 0 saturated carbocycles. The Morgan fingerprint density at radius 2 is 1.77 bits per heavy atom. The molecule has 0 spiro atoms. The Kier molecular flexibility index (Phi) is 5.98. The minimum atomic E-state index is 0.0449. The van der Waals surface area contributed by atoms with Crippen LogP contribution in [0.25, 0.3) is 0 Å². The highest BCUT2D eigenvalue weighted by molar-refractivity contribution is 7.11. The summed E-state index contributed by atoms with van der Waals surface area (Å²) in [4.78, 5) is 16.4. The second-order valence-electron chi connectivity index (χ2n) is 5.54. The first-order valence-electron chi connectivity index (χ1n) is 7.37. The summed E-state index contributed by atoms with van der Waals surface area (Å²) in [6.07, 6.45) is 0.505. The first-order valence-corrected chi connectivity index (χ1v) is 8.18. The molecule has 0 aliphatic heterocycles. The molecule has 0 unspecified atom stereocenters. The SMILES string of the molecule is Cc1ccc(CNc2ccc(NC(=O)CCN(C)C)cc2)s1. The van der Waals surface area contributed by atoms with Crippen molar-refractivity contribution in [2.75, 3.05) is 31.3 Å². The molecule has 118 valence electrons. The van der Waals surface area contributed by atoms with E-state index >= 15 is 0 Å². The number of thiophene rings is 1. The maximum Gasteiger partial charge on any atom is 0.225 e. The first-order chi connectivity index (χ1) is 10.5. The van der Waals surface area contributed by atoms with Gasteiger partial charge in [0.25, 0.3) is 0 Å². The highest BCUT2D eigenvalue weighted by Crippen LogP contribution is 2.18. The van der Waals surface area contributed by atoms with Crippen molar-refractivity contribution in [3.63, 3.8) is 0 Å². The van der Waals surface area contributed by atoms with Gasteiger partial charge >= 0.3 is 0 Å². The zero-order valence-electron chi connectivity index (χ0n) is 13.3. The Hall–Kier alpha value is -1.85. The summed E-state index contributed by atoms with van der Waals surface area (Å²) in [5.41, 5.74) is 1.89. The second-order valence-corrected chi connectivity index (χ2v) is 6.92. The van der Waals surface area contributed by atoms with E-state index in [0.29, 0.717) is 6.42 Å². The molecule has 22 heavy (non-hydrogen) atoms. The minimum Gasteiger partial charge on any atom is -0.380 e. The third kappa shape index (κ3) is 5.50. The van der Waals surface area contributed by atoms with Gasteiger partial charge in [0.2, 0.25) is 5.91 Å². The normalized spacial score (nSPS) is 10.7. The van der Waals surface area contributed by atoms with Crippen LogP contribution >= 0.6 is 11.3 Å². The lowest BCUT2D eigenvalue weighted by Crippen LogP contribution is -2.20. The number of anilines is 2. The first kappa shape index (κ1) is 16.5. The number of hydrogen-bond donors (Lipinski definition) is 2. The number of amides is 1. The van der Waals surface area contributed by atoms with Crippen LogP contribution in [0.15, 0.2) is 36.4 Å². The number of carbonyl (C=O) groups excluding carboxylic acids is 1. The lowest BCUT2D eigenvalue weighted by atomic mass is 10.2. The lowest BCUT2D eigenvalue weighted by molar-refractivity contribution is -0.116. The fourth-order valence-corrected chi connectivity index (χ4v) is 2.82. The van der Waals surface area contributed by atoms with Gasteiger partial charge in [-0.05, 0) is 57.4 Å². The summed E-state index contributed by atoms with van der Waals surface area (Å²) in [5.74, 6) is 0.0449. The molecule has 0 atom stereocenters. The molecule has 0 radical (unpaired) electrons. The Labute approximate surface area is 136 Å². The largest absolute Gasteiger partial charge is 0.380 e. The molecule has 1 amide bonds. The second kappa shape index (κ2) is 7.96. The van der Waals surface area contributed by atoms with Crippen molar-refractivity contribution in [3.05, 3.63) is 46.2 Å². The van der Waals surface area contributed by atoms with Crippen molar-refractivity contribution in [3.8, 4) is 0 Å². The molecule has 1 aromatic carbocycles. The standard InChI is InChI=1S/C17H23N3OS/c1-13-4-9-16(22-13)12-18-14-5-7-15(8-6-14)19-17(21)10-11-20(2)3/h4-9,18H,10-12H2,1-3H3,(H,19,21). The van der Waals surface area contributed by atoms with Gasteiger partial charge in [-0.1, -0.05) is 0 Å². The summed E-state index contributed by atoms with van der Waals surface area (Å²) in [6.45, 7) is 3.70. The van der Waals surface area contributed by atoms with Crippen LogP contribution in [-0.2, 0) is 11.3 Å². The van der Waals surface area contributed by atoms with Gasteiger partial charge in [-0.25, -0.2) is 0 Å². The lowest BCUT2D eigenvalue weighted by Gasteiger charge is -2.10. The van der Waals surface area contributed by atoms with Crippen LogP contribution < -0.4 is 10.6 Å². The zero-order valence-corrected chi connectivity index (χ0v) is 14.2. The van der Waals surface area contributed by atoms with Crippen LogP contribution in [0.2, 0.25) is 0 Å². The van der Waals surface area contributed by atoms with Gasteiger partial charge in [0.1, 0.15) is 0 Å². The van der Waals surface area contributed by atoms with Gasteiger partial charge in [0.15, 0.2) is 0 Å². The van der Waals surface area contributed by atoms with E-state index in [-0.39, 0.29) is 5.91 Å². The van der Waals surface area contributed by atoms with Crippen molar-refractivity contribution in [2.24, 2.45) is 0 Å². The third-order valence-electron chi connectivity index (χ3n) is 3.22. The number of carbonyl (C=O) groups is 1. The molecule has 0 saturated heterocycles. The maximum atomic E-state index is 11.8. The van der Waals surface area contributed by atoms with Crippen molar-refractivity contribution >= 4 is 28.6 Å². The molecule has 5 heteroatoms. The van der Waals surface area contributed by atoms with Gasteiger partial charge in [0.05, 0.1) is 0 Å². The number of aryl methyl sites for hydroxylation is 1. The highest BCUT2D eigenvalue weighted by Gasteiger charge is 2.03. The number of hydrogen-bond acceptors (Lipinski definition) is 4. The number of nitrogens with zero attached hydrogens (tertiary/aromatic N) is 1. The summed E-state index contributed by atoms with van der Waals surface area (Å²) >= 11 is 1.80. The van der Waals surface area contributed by atoms with Crippen molar-refractivity contribution in [2.45, 2.75) is 19.9 Å². The number of benzene rings is 1. The molecule has 0 aliphatic carbocycles. The average molecular weight is 317 g/mol. The van der Waals surface area contributed by atoms with Crippen LogP contribution in [0.1, 0.15) is 16.2 Å². The fourth-order valence-electron chi connectivity index (χ4n) is 1.99. The topological polar surface area (TPSA) is 44.4 Å². The van der Waals surface area contributed by atoms with E-state index in [1.807, 2.05) is 43.3 Å². The Bertz CT molecular complexity index is 605. The van der Waals surface area contributed by atoms with Crippen molar-refractivity contribution < 1.29 is 4.79 Å². The van der Waals surface area contributed by atoms with E-state index in [9.17, 15) is 4.79 Å². The fraction of sp³-hybridized carbons (Fsp3) is 0.353. The predicted molar refractivity (Wildman–Crippen MR) is 94.6 cm³/mol. The van der Waals surface area contributed by atoms with E-state index in [0.717, 1.165) is 24.5 Å². The number of rotatable bonds is 7. The van der Waals surface area contributed by atoms with Crippen LogP contribution in [0, 0.1) is 6.92 Å². The maximum absolute atomic E-state index is 11.8. The Balaban J connectivity index is 1.81. The number of nitrogens with one attached hydrogen (secondary N) is 2. The molecule has 1 aromatic heterocycles. The molecule has 0 aliphatic rings. The van der Waals surface area contributed by atoms with Crippen molar-refractivity contribution in [1.82, 2.24) is 4.90 Å². The van der Waals surface area contributed by atoms with Gasteiger partial charge in [-0.3, -0.25) is 4.79 Å². The van der Waals surface area contributed by atoms with Gasteiger partial charge in [-0.15, -0.1) is 11.3 Å². The molecule has 2 aromatic rings. The van der Waals surface area contributed by atoms with Gasteiger partial charge < -0.3 is 15.5 Å². The van der Waals surface area contributed by atoms with Crippen LogP contribution in [0.5, 0.6) is 0 Å². The van der Waals surface area contributed by atoms with Gasteiger partial charge in [0, 0.05) is 40.6 Å². The summed E-state index contributed by atoms with van der Waals surface area (Å²) in [5, 5.41) is 6.30. The quantitative estimate of drug-likeness (QED) is 0.821.